The van der Waals surface area contributed by atoms with Crippen molar-refractivity contribution >= 4 is 5.97 Å². The van der Waals surface area contributed by atoms with Gasteiger partial charge in [0.15, 0.2) is 0 Å². The molecule has 0 aliphatic carbocycles. The summed E-state index contributed by atoms with van der Waals surface area (Å²) < 4.78 is 18.8. The van der Waals surface area contributed by atoms with Crippen LogP contribution in [0.2, 0.25) is 0 Å². The number of ether oxygens (including phenoxy) is 1. The molecule has 1 atom stereocenters. The molecule has 22 heavy (non-hydrogen) atoms. The van der Waals surface area contributed by atoms with Crippen molar-refractivity contribution < 1.29 is 13.9 Å². The Hall–Kier alpha value is -2.20. The van der Waals surface area contributed by atoms with Gasteiger partial charge in [-0.15, -0.1) is 0 Å². The topological polar surface area (TPSA) is 29.5 Å². The van der Waals surface area contributed by atoms with E-state index in [1.165, 1.54) is 17.7 Å². The summed E-state index contributed by atoms with van der Waals surface area (Å²) >= 11 is 0. The molecule has 0 saturated heterocycles. The fourth-order valence-corrected chi connectivity index (χ4v) is 2.31. The minimum Gasteiger partial charge on any atom is -0.458 e. The van der Waals surface area contributed by atoms with Crippen LogP contribution < -0.4 is 0 Å². The average molecular weight is 301 g/mol. The molecule has 0 aliphatic rings. The van der Waals surface area contributed by atoms with E-state index in [1.54, 1.807) is 19.1 Å². The van der Waals surface area contributed by atoms with Gasteiger partial charge in [-0.2, -0.15) is 0 Å². The molecule has 0 fully saturated rings. The number of hydrogen-bond donors (Lipinski definition) is 0. The van der Waals surface area contributed by atoms with Crippen molar-refractivity contribution in [1.29, 1.82) is 0 Å². The zero-order chi connectivity index (χ0) is 15.9. The van der Waals surface area contributed by atoms with Gasteiger partial charge in [-0.25, -0.2) is 9.18 Å². The third-order valence-corrected chi connectivity index (χ3v) is 3.27. The van der Waals surface area contributed by atoms with Crippen LogP contribution in [0, 0.1) is 5.82 Å². The van der Waals surface area contributed by atoms with E-state index in [9.17, 15) is 9.18 Å². The number of hydrogen-bond acceptors (Lipinski definition) is 3. The summed E-state index contributed by atoms with van der Waals surface area (Å²) in [5.41, 5.74) is 1.16. The second kappa shape index (κ2) is 7.71. The molecule has 4 heteroatoms. The molecule has 0 aliphatic heterocycles. The summed E-state index contributed by atoms with van der Waals surface area (Å²) in [4.78, 5) is 14.0. The van der Waals surface area contributed by atoms with Crippen LogP contribution in [0.25, 0.3) is 0 Å². The van der Waals surface area contributed by atoms with E-state index < -0.39 is 11.8 Å². The van der Waals surface area contributed by atoms with Crippen LogP contribution in [0.15, 0.2) is 54.6 Å². The molecule has 2 aromatic carbocycles. The molecule has 0 N–H and O–H groups in total. The SMILES string of the molecule is C[C@H](CN(C)Cc1ccccc1)OC(=O)c1ccccc1F. The van der Waals surface area contributed by atoms with E-state index >= 15 is 0 Å². The maximum atomic E-state index is 13.5. The van der Waals surface area contributed by atoms with Gasteiger partial charge in [0.1, 0.15) is 11.9 Å². The predicted octanol–water partition coefficient (Wildman–Crippen LogP) is 3.50. The van der Waals surface area contributed by atoms with Crippen LogP contribution in [0.1, 0.15) is 22.8 Å². The normalized spacial score (nSPS) is 12.2. The minimum atomic E-state index is -0.626. The highest BCUT2D eigenvalue weighted by Crippen LogP contribution is 2.10. The van der Waals surface area contributed by atoms with Gasteiger partial charge in [0, 0.05) is 13.1 Å². The molecule has 0 unspecified atom stereocenters. The Morgan fingerprint density at radius 1 is 1.14 bits per heavy atom. The van der Waals surface area contributed by atoms with Gasteiger partial charge >= 0.3 is 5.97 Å². The molecule has 0 heterocycles. The number of nitrogens with zero attached hydrogens (tertiary/aromatic N) is 1. The summed E-state index contributed by atoms with van der Waals surface area (Å²) in [7, 11) is 1.96. The van der Waals surface area contributed by atoms with Crippen LogP contribution in [0.3, 0.4) is 0 Å². The fraction of sp³-hybridized carbons (Fsp3) is 0.278. The first-order chi connectivity index (χ1) is 10.6. The molecule has 0 aromatic heterocycles. The van der Waals surface area contributed by atoms with E-state index in [2.05, 4.69) is 4.90 Å². The smallest absolute Gasteiger partial charge is 0.341 e. The zero-order valence-electron chi connectivity index (χ0n) is 12.8. The lowest BCUT2D eigenvalue weighted by atomic mass is 10.2. The van der Waals surface area contributed by atoms with Gasteiger partial charge < -0.3 is 4.74 Å². The molecule has 0 radical (unpaired) electrons. The van der Waals surface area contributed by atoms with Crippen molar-refractivity contribution in [2.75, 3.05) is 13.6 Å². The molecule has 2 rings (SSSR count). The highest BCUT2D eigenvalue weighted by atomic mass is 19.1. The lowest BCUT2D eigenvalue weighted by Crippen LogP contribution is -2.30. The van der Waals surface area contributed by atoms with Crippen molar-refractivity contribution in [3.05, 3.63) is 71.5 Å². The molecule has 0 spiro atoms. The van der Waals surface area contributed by atoms with E-state index in [4.69, 9.17) is 4.74 Å². The lowest BCUT2D eigenvalue weighted by molar-refractivity contribution is 0.0263. The Morgan fingerprint density at radius 2 is 1.77 bits per heavy atom. The summed E-state index contributed by atoms with van der Waals surface area (Å²) in [6, 6.07) is 15.9. The molecular weight excluding hydrogens is 281 g/mol. The highest BCUT2D eigenvalue weighted by molar-refractivity contribution is 5.89. The molecule has 3 nitrogen and oxygen atoms in total. The third-order valence-electron chi connectivity index (χ3n) is 3.27. The van der Waals surface area contributed by atoms with Crippen LogP contribution in [-0.4, -0.2) is 30.6 Å². The number of rotatable bonds is 6. The first kappa shape index (κ1) is 16.2. The summed E-state index contributed by atoms with van der Waals surface area (Å²) in [6.07, 6.45) is -0.319. The monoisotopic (exact) mass is 301 g/mol. The zero-order valence-corrected chi connectivity index (χ0v) is 12.8. The van der Waals surface area contributed by atoms with Gasteiger partial charge in [-0.1, -0.05) is 42.5 Å². The van der Waals surface area contributed by atoms with Crippen molar-refractivity contribution in [1.82, 2.24) is 4.90 Å². The quantitative estimate of drug-likeness (QED) is 0.765. The third kappa shape index (κ3) is 4.67. The van der Waals surface area contributed by atoms with E-state index in [0.29, 0.717) is 6.54 Å². The Labute approximate surface area is 130 Å². The van der Waals surface area contributed by atoms with Gasteiger partial charge in [0.2, 0.25) is 0 Å². The van der Waals surface area contributed by atoms with Crippen LogP contribution in [-0.2, 0) is 11.3 Å². The van der Waals surface area contributed by atoms with E-state index in [0.717, 1.165) is 6.54 Å². The number of carbonyl (C=O) groups is 1. The summed E-state index contributed by atoms with van der Waals surface area (Å²) in [5, 5.41) is 0. The summed E-state index contributed by atoms with van der Waals surface area (Å²) in [6.45, 7) is 3.15. The van der Waals surface area contributed by atoms with Gasteiger partial charge in [-0.05, 0) is 31.7 Å². The van der Waals surface area contributed by atoms with Gasteiger partial charge in [-0.3, -0.25) is 4.90 Å². The highest BCUT2D eigenvalue weighted by Gasteiger charge is 2.16. The number of halogens is 1. The second-order valence-corrected chi connectivity index (χ2v) is 5.38. The number of esters is 1. The Kier molecular flexibility index (Phi) is 5.67. The van der Waals surface area contributed by atoms with Crippen molar-refractivity contribution in [2.24, 2.45) is 0 Å². The van der Waals surface area contributed by atoms with E-state index in [-0.39, 0.29) is 11.7 Å². The molecule has 0 amide bonds. The van der Waals surface area contributed by atoms with Gasteiger partial charge in [0.25, 0.3) is 0 Å². The fourth-order valence-electron chi connectivity index (χ4n) is 2.31. The molecule has 116 valence electrons. The maximum Gasteiger partial charge on any atom is 0.341 e. The van der Waals surface area contributed by atoms with Crippen molar-refractivity contribution in [3.63, 3.8) is 0 Å². The van der Waals surface area contributed by atoms with Crippen LogP contribution in [0.5, 0.6) is 0 Å². The van der Waals surface area contributed by atoms with Crippen molar-refractivity contribution in [3.8, 4) is 0 Å². The molecule has 0 saturated carbocycles. The van der Waals surface area contributed by atoms with Gasteiger partial charge in [0.05, 0.1) is 5.56 Å². The number of carbonyl (C=O) groups excluding carboxylic acids is 1. The first-order valence-corrected chi connectivity index (χ1v) is 7.24. The Bertz CT molecular complexity index is 615. The standard InChI is InChI=1S/C18H20FNO2/c1-14(12-20(2)13-15-8-4-3-5-9-15)22-18(21)16-10-6-7-11-17(16)19/h3-11,14H,12-13H2,1-2H3/t14-/m1/s1. The lowest BCUT2D eigenvalue weighted by Gasteiger charge is -2.21. The van der Waals surface area contributed by atoms with E-state index in [1.807, 2.05) is 37.4 Å². The second-order valence-electron chi connectivity index (χ2n) is 5.38. The molecule has 0 bridgehead atoms. The minimum absolute atomic E-state index is 0.0277. The van der Waals surface area contributed by atoms with Crippen LogP contribution in [0.4, 0.5) is 4.39 Å². The largest absolute Gasteiger partial charge is 0.458 e. The Balaban J connectivity index is 1.86. The van der Waals surface area contributed by atoms with Crippen LogP contribution >= 0.6 is 0 Å². The Morgan fingerprint density at radius 3 is 2.45 bits per heavy atom. The average Bonchev–Trinajstić information content (AvgIpc) is 2.48. The first-order valence-electron chi connectivity index (χ1n) is 7.24. The number of benzene rings is 2. The predicted molar refractivity (Wildman–Crippen MR) is 84.1 cm³/mol. The maximum absolute atomic E-state index is 13.5. The molecule has 2 aromatic rings. The summed E-state index contributed by atoms with van der Waals surface area (Å²) in [5.74, 6) is -1.18. The number of likely N-dealkylation sites (N-methyl/N-ethyl adjacent to an activating group) is 1. The molecular formula is C18H20FNO2. The van der Waals surface area contributed by atoms with Crippen molar-refractivity contribution in [2.45, 2.75) is 19.6 Å².